The van der Waals surface area contributed by atoms with Gasteiger partial charge in [0.1, 0.15) is 0 Å². The van der Waals surface area contributed by atoms with E-state index in [-0.39, 0.29) is 11.5 Å². The number of thioether (sulfide) groups is 1. The Morgan fingerprint density at radius 1 is 1.12 bits per heavy atom. The number of thiocarbonyl (C=S) groups is 1. The van der Waals surface area contributed by atoms with Crippen LogP contribution in [0.15, 0.2) is 71.2 Å². The smallest absolute Gasteiger partial charge is 0.270 e. The van der Waals surface area contributed by atoms with E-state index in [1.807, 2.05) is 49.4 Å². The van der Waals surface area contributed by atoms with Gasteiger partial charge in [-0.25, -0.2) is 0 Å². The molecule has 0 saturated carbocycles. The number of benzene rings is 2. The van der Waals surface area contributed by atoms with E-state index in [1.54, 1.807) is 12.1 Å². The third-order valence-electron chi connectivity index (χ3n) is 3.71. The Hall–Kier alpha value is -2.70. The zero-order chi connectivity index (χ0) is 18.7. The van der Waals surface area contributed by atoms with E-state index in [0.717, 1.165) is 11.1 Å². The molecule has 1 aliphatic heterocycles. The normalized spacial score (nSPS) is 16.4. The number of rotatable bonds is 4. The minimum absolute atomic E-state index is 0.0522. The molecule has 0 spiro atoms. The highest BCUT2D eigenvalue weighted by Crippen LogP contribution is 2.35. The highest BCUT2D eigenvalue weighted by Gasteiger charge is 2.33. The van der Waals surface area contributed by atoms with Gasteiger partial charge in [-0.15, -0.1) is 0 Å². The summed E-state index contributed by atoms with van der Waals surface area (Å²) in [4.78, 5) is 25.5. The summed E-state index contributed by atoms with van der Waals surface area (Å²) in [5, 5.41) is 10.8. The zero-order valence-corrected chi connectivity index (χ0v) is 15.5. The fourth-order valence-electron chi connectivity index (χ4n) is 2.50. The van der Waals surface area contributed by atoms with E-state index < -0.39 is 5.97 Å². The van der Waals surface area contributed by atoms with E-state index >= 15 is 0 Å². The van der Waals surface area contributed by atoms with Crippen LogP contribution >= 0.6 is 24.0 Å². The maximum absolute atomic E-state index is 12.7. The van der Waals surface area contributed by atoms with Crippen LogP contribution in [0, 0.1) is 0 Å². The number of amides is 1. The third-order valence-corrected chi connectivity index (χ3v) is 5.01. The van der Waals surface area contributed by atoms with E-state index in [9.17, 15) is 14.7 Å². The van der Waals surface area contributed by atoms with E-state index in [2.05, 4.69) is 0 Å². The van der Waals surface area contributed by atoms with Crippen molar-refractivity contribution in [3.05, 3.63) is 82.3 Å². The molecule has 0 unspecified atom stereocenters. The molecule has 0 N–H and O–H groups in total. The molecule has 0 radical (unpaired) electrons. The summed E-state index contributed by atoms with van der Waals surface area (Å²) in [5.74, 6) is -1.48. The summed E-state index contributed by atoms with van der Waals surface area (Å²) in [6.07, 6.45) is 3.79. The minimum Gasteiger partial charge on any atom is -0.545 e. The van der Waals surface area contributed by atoms with Crippen molar-refractivity contribution in [3.63, 3.8) is 0 Å². The highest BCUT2D eigenvalue weighted by molar-refractivity contribution is 8.27. The van der Waals surface area contributed by atoms with Gasteiger partial charge in [0.2, 0.25) is 0 Å². The van der Waals surface area contributed by atoms with Crippen LogP contribution in [0.25, 0.3) is 6.08 Å². The van der Waals surface area contributed by atoms with Crippen LogP contribution in [0.1, 0.15) is 22.8 Å². The molecule has 1 amide bonds. The predicted octanol–water partition coefficient (Wildman–Crippen LogP) is 3.40. The van der Waals surface area contributed by atoms with Gasteiger partial charge in [0.25, 0.3) is 5.91 Å². The van der Waals surface area contributed by atoms with Crippen LogP contribution in [0.4, 0.5) is 5.69 Å². The van der Waals surface area contributed by atoms with Crippen LogP contribution in [0.3, 0.4) is 0 Å². The summed E-state index contributed by atoms with van der Waals surface area (Å²) >= 11 is 6.55. The Bertz CT molecular complexity index is 931. The topological polar surface area (TPSA) is 60.4 Å². The average Bonchev–Trinajstić information content (AvgIpc) is 2.89. The summed E-state index contributed by atoms with van der Waals surface area (Å²) < 4.78 is 0.412. The van der Waals surface area contributed by atoms with Crippen molar-refractivity contribution in [2.24, 2.45) is 0 Å². The molecular formula is C20H14NO3S2-. The van der Waals surface area contributed by atoms with Crippen molar-refractivity contribution >= 4 is 51.9 Å². The molecule has 0 atom stereocenters. The van der Waals surface area contributed by atoms with Crippen LogP contribution in [0.2, 0.25) is 0 Å². The zero-order valence-electron chi connectivity index (χ0n) is 13.8. The molecule has 1 heterocycles. The summed E-state index contributed by atoms with van der Waals surface area (Å²) in [6.45, 7) is 1.92. The van der Waals surface area contributed by atoms with Gasteiger partial charge >= 0.3 is 0 Å². The molecule has 1 aliphatic rings. The maximum Gasteiger partial charge on any atom is 0.270 e. The summed E-state index contributed by atoms with van der Waals surface area (Å²) in [5.41, 5.74) is 2.57. The fourth-order valence-corrected chi connectivity index (χ4v) is 3.85. The first-order valence-corrected chi connectivity index (χ1v) is 9.01. The molecule has 1 fully saturated rings. The Balaban J connectivity index is 1.84. The van der Waals surface area contributed by atoms with Gasteiger partial charge in [-0.3, -0.25) is 9.69 Å². The minimum atomic E-state index is -1.26. The first-order valence-electron chi connectivity index (χ1n) is 7.78. The second kappa shape index (κ2) is 7.68. The highest BCUT2D eigenvalue weighted by atomic mass is 32.2. The molecule has 2 aromatic carbocycles. The third kappa shape index (κ3) is 3.92. The van der Waals surface area contributed by atoms with Gasteiger partial charge in [-0.05, 0) is 41.8 Å². The van der Waals surface area contributed by atoms with Crippen molar-refractivity contribution in [2.75, 3.05) is 4.90 Å². The Kier molecular flexibility index (Phi) is 5.35. The lowest BCUT2D eigenvalue weighted by molar-refractivity contribution is -0.255. The molecule has 1 saturated heterocycles. The average molecular weight is 380 g/mol. The first kappa shape index (κ1) is 18.1. The predicted molar refractivity (Wildman–Crippen MR) is 107 cm³/mol. The van der Waals surface area contributed by atoms with Gasteiger partial charge < -0.3 is 9.90 Å². The molecule has 130 valence electrons. The molecule has 2 aromatic rings. The molecule has 0 aliphatic carbocycles. The largest absolute Gasteiger partial charge is 0.545 e. The monoisotopic (exact) mass is 380 g/mol. The number of carboxylic acids is 1. The van der Waals surface area contributed by atoms with Crippen LogP contribution < -0.4 is 10.0 Å². The Morgan fingerprint density at radius 3 is 2.38 bits per heavy atom. The summed E-state index contributed by atoms with van der Waals surface area (Å²) in [7, 11) is 0. The number of anilines is 1. The second-order valence-corrected chi connectivity index (χ2v) is 7.33. The molecule has 0 bridgehead atoms. The van der Waals surface area contributed by atoms with E-state index in [1.165, 1.54) is 28.8 Å². The van der Waals surface area contributed by atoms with Crippen molar-refractivity contribution in [2.45, 2.75) is 6.92 Å². The van der Waals surface area contributed by atoms with Gasteiger partial charge in [0, 0.05) is 0 Å². The molecule has 4 nitrogen and oxygen atoms in total. The first-order chi connectivity index (χ1) is 12.5. The molecule has 26 heavy (non-hydrogen) atoms. The number of carbonyl (C=O) groups excluding carboxylic acids is 2. The van der Waals surface area contributed by atoms with Crippen molar-refractivity contribution in [1.82, 2.24) is 0 Å². The van der Waals surface area contributed by atoms with Crippen molar-refractivity contribution < 1.29 is 14.7 Å². The van der Waals surface area contributed by atoms with Gasteiger partial charge in [0.05, 0.1) is 16.6 Å². The van der Waals surface area contributed by atoms with Crippen molar-refractivity contribution in [1.29, 1.82) is 0 Å². The van der Waals surface area contributed by atoms with E-state index in [4.69, 9.17) is 12.2 Å². The lowest BCUT2D eigenvalue weighted by Crippen LogP contribution is -2.28. The lowest BCUT2D eigenvalue weighted by Gasteiger charge is -2.15. The van der Waals surface area contributed by atoms with Gasteiger partial charge in [-0.1, -0.05) is 72.5 Å². The van der Waals surface area contributed by atoms with Crippen LogP contribution in [-0.4, -0.2) is 16.2 Å². The summed E-state index contributed by atoms with van der Waals surface area (Å²) in [6, 6.07) is 15.7. The number of carboxylic acid groups (broad SMARTS) is 1. The number of nitrogens with zero attached hydrogens (tertiary/aromatic N) is 1. The Morgan fingerprint density at radius 2 is 1.77 bits per heavy atom. The SMILES string of the molecule is CC(=C/c1ccccc1)/C=C1/SC(=S)N(c2ccc(C(=O)[O-])cc2)C1=O. The second-order valence-electron chi connectivity index (χ2n) is 5.65. The fraction of sp³-hybridized carbons (Fsp3) is 0.0500. The number of aromatic carboxylic acids is 1. The molecule has 6 heteroatoms. The molecule has 0 aromatic heterocycles. The quantitative estimate of drug-likeness (QED) is 0.601. The van der Waals surface area contributed by atoms with Gasteiger partial charge in [-0.2, -0.15) is 0 Å². The number of carbonyl (C=O) groups is 2. The van der Waals surface area contributed by atoms with Crippen molar-refractivity contribution in [3.8, 4) is 0 Å². The van der Waals surface area contributed by atoms with Crippen LogP contribution in [-0.2, 0) is 4.79 Å². The standard InChI is InChI=1S/C20H15NO3S2/c1-13(11-14-5-3-2-4-6-14)12-17-18(22)21(20(25)26-17)16-9-7-15(8-10-16)19(23)24/h2-12H,1H3,(H,23,24)/p-1/b13-11-,17-12+. The van der Waals surface area contributed by atoms with Gasteiger partial charge in [0.15, 0.2) is 4.32 Å². The maximum atomic E-state index is 12.7. The lowest BCUT2D eigenvalue weighted by atomic mass is 10.1. The number of hydrogen-bond acceptors (Lipinski definition) is 5. The number of allylic oxidation sites excluding steroid dienone is 2. The van der Waals surface area contributed by atoms with Crippen LogP contribution in [0.5, 0.6) is 0 Å². The number of hydrogen-bond donors (Lipinski definition) is 0. The van der Waals surface area contributed by atoms with E-state index in [0.29, 0.717) is 14.9 Å². The molecule has 3 rings (SSSR count). The Labute approximate surface area is 160 Å². The molecular weight excluding hydrogens is 366 g/mol.